The summed E-state index contributed by atoms with van der Waals surface area (Å²) in [5.74, 6) is -1.73. The predicted molar refractivity (Wildman–Crippen MR) is 122 cm³/mol. The highest BCUT2D eigenvalue weighted by molar-refractivity contribution is 6.05. The number of halogens is 3. The third-order valence-corrected chi connectivity index (χ3v) is 5.08. The summed E-state index contributed by atoms with van der Waals surface area (Å²) in [4.78, 5) is 39.3. The highest BCUT2D eigenvalue weighted by Crippen LogP contribution is 2.31. The lowest BCUT2D eigenvalue weighted by atomic mass is 10.1. The summed E-state index contributed by atoms with van der Waals surface area (Å²) in [6.07, 6.45) is 1.04. The SMILES string of the molecule is O=C(CN1CCOCC1)Nc1cc(C(=O)Nc2cnc(-c3ccncc3)cn2)ccc1OC(F)(F)F. The van der Waals surface area contributed by atoms with Crippen molar-refractivity contribution in [1.82, 2.24) is 19.9 Å². The first-order chi connectivity index (χ1) is 17.3. The molecule has 0 unspecified atom stereocenters. The van der Waals surface area contributed by atoms with Crippen LogP contribution in [0.3, 0.4) is 0 Å². The lowest BCUT2D eigenvalue weighted by Gasteiger charge is -2.26. The monoisotopic (exact) mass is 502 g/mol. The summed E-state index contributed by atoms with van der Waals surface area (Å²) < 4.78 is 47.9. The number of benzene rings is 1. The summed E-state index contributed by atoms with van der Waals surface area (Å²) in [6.45, 7) is 1.89. The first-order valence-corrected chi connectivity index (χ1v) is 10.8. The molecule has 13 heteroatoms. The topological polar surface area (TPSA) is 119 Å². The van der Waals surface area contributed by atoms with Crippen molar-refractivity contribution in [3.05, 3.63) is 60.7 Å². The maximum Gasteiger partial charge on any atom is 0.573 e. The number of carbonyl (C=O) groups is 2. The van der Waals surface area contributed by atoms with Gasteiger partial charge in [0.1, 0.15) is 0 Å². The van der Waals surface area contributed by atoms with Crippen LogP contribution in [0.15, 0.2) is 55.1 Å². The summed E-state index contributed by atoms with van der Waals surface area (Å²) in [6, 6.07) is 6.72. The fourth-order valence-electron chi connectivity index (χ4n) is 3.39. The van der Waals surface area contributed by atoms with Crippen LogP contribution in [0.1, 0.15) is 10.4 Å². The van der Waals surface area contributed by atoms with E-state index in [2.05, 4.69) is 30.3 Å². The van der Waals surface area contributed by atoms with E-state index in [1.54, 1.807) is 29.4 Å². The lowest BCUT2D eigenvalue weighted by molar-refractivity contribution is -0.274. The third-order valence-electron chi connectivity index (χ3n) is 5.08. The Kier molecular flexibility index (Phi) is 7.71. The third kappa shape index (κ3) is 6.96. The summed E-state index contributed by atoms with van der Waals surface area (Å²) in [7, 11) is 0. The Morgan fingerprint density at radius 3 is 2.44 bits per heavy atom. The van der Waals surface area contributed by atoms with Gasteiger partial charge < -0.3 is 20.1 Å². The van der Waals surface area contributed by atoms with Crippen molar-refractivity contribution in [2.75, 3.05) is 43.5 Å². The van der Waals surface area contributed by atoms with Gasteiger partial charge in [0.2, 0.25) is 5.91 Å². The predicted octanol–water partition coefficient (Wildman–Crippen LogP) is 2.96. The van der Waals surface area contributed by atoms with Gasteiger partial charge in [-0.2, -0.15) is 0 Å². The number of hydrogen-bond acceptors (Lipinski definition) is 8. The largest absolute Gasteiger partial charge is 0.573 e. The standard InChI is InChI=1S/C23H21F3N6O4/c24-23(25,26)36-19-2-1-16(11-17(19)30-21(33)14-32-7-9-35-10-8-32)22(34)31-20-13-28-18(12-29-20)15-3-5-27-6-4-15/h1-6,11-13H,7-10,14H2,(H,30,33)(H,29,31,34). The molecule has 3 heterocycles. The van der Waals surface area contributed by atoms with Crippen LogP contribution in [0.4, 0.5) is 24.7 Å². The van der Waals surface area contributed by atoms with Crippen molar-refractivity contribution in [2.45, 2.75) is 6.36 Å². The molecule has 4 rings (SSSR count). The molecular weight excluding hydrogens is 481 g/mol. The average Bonchev–Trinajstić information content (AvgIpc) is 2.86. The molecule has 1 saturated heterocycles. The number of alkyl halides is 3. The maximum absolute atomic E-state index is 12.9. The fourth-order valence-corrected chi connectivity index (χ4v) is 3.39. The summed E-state index contributed by atoms with van der Waals surface area (Å²) in [5.41, 5.74) is 1.03. The van der Waals surface area contributed by atoms with Crippen LogP contribution in [-0.4, -0.2) is 70.9 Å². The molecule has 2 N–H and O–H groups in total. The van der Waals surface area contributed by atoms with Gasteiger partial charge in [-0.05, 0) is 30.3 Å². The van der Waals surface area contributed by atoms with Crippen molar-refractivity contribution in [2.24, 2.45) is 0 Å². The molecule has 0 atom stereocenters. The molecule has 10 nitrogen and oxygen atoms in total. The zero-order valence-electron chi connectivity index (χ0n) is 18.8. The lowest BCUT2D eigenvalue weighted by Crippen LogP contribution is -2.41. The van der Waals surface area contributed by atoms with Gasteiger partial charge in [0.15, 0.2) is 11.6 Å². The Morgan fingerprint density at radius 2 is 1.78 bits per heavy atom. The van der Waals surface area contributed by atoms with Gasteiger partial charge in [-0.25, -0.2) is 4.98 Å². The minimum Gasteiger partial charge on any atom is -0.404 e. The Balaban J connectivity index is 1.48. The van der Waals surface area contributed by atoms with Gasteiger partial charge in [-0.1, -0.05) is 0 Å². The van der Waals surface area contributed by atoms with Crippen LogP contribution in [0.5, 0.6) is 5.75 Å². The van der Waals surface area contributed by atoms with Crippen molar-refractivity contribution >= 4 is 23.3 Å². The number of pyridine rings is 1. The first-order valence-electron chi connectivity index (χ1n) is 10.8. The second-order valence-corrected chi connectivity index (χ2v) is 7.67. The van der Waals surface area contributed by atoms with Crippen molar-refractivity contribution < 1.29 is 32.2 Å². The first kappa shape index (κ1) is 25.0. The minimum atomic E-state index is -4.99. The normalized spacial score (nSPS) is 14.2. The average molecular weight is 502 g/mol. The number of rotatable bonds is 7. The molecule has 2 aromatic heterocycles. The van der Waals surface area contributed by atoms with E-state index in [1.165, 1.54) is 12.4 Å². The number of carbonyl (C=O) groups excluding carboxylic acids is 2. The molecule has 0 spiro atoms. The van der Waals surface area contributed by atoms with E-state index in [4.69, 9.17) is 4.74 Å². The Labute approximate surface area is 203 Å². The van der Waals surface area contributed by atoms with Crippen LogP contribution in [-0.2, 0) is 9.53 Å². The van der Waals surface area contributed by atoms with Crippen molar-refractivity contribution in [1.29, 1.82) is 0 Å². The molecular formula is C23H21F3N6O4. The van der Waals surface area contributed by atoms with Crippen LogP contribution < -0.4 is 15.4 Å². The molecule has 0 saturated carbocycles. The maximum atomic E-state index is 12.9. The van der Waals surface area contributed by atoms with Gasteiger partial charge >= 0.3 is 6.36 Å². The Hall–Kier alpha value is -4.10. The second kappa shape index (κ2) is 11.1. The Bertz CT molecular complexity index is 1200. The zero-order valence-corrected chi connectivity index (χ0v) is 18.8. The van der Waals surface area contributed by atoms with Crippen LogP contribution >= 0.6 is 0 Å². The molecule has 1 aliphatic heterocycles. The van der Waals surface area contributed by atoms with Gasteiger partial charge in [0.05, 0.1) is 43.5 Å². The number of ether oxygens (including phenoxy) is 2. The molecule has 0 aliphatic carbocycles. The number of morpholine rings is 1. The molecule has 36 heavy (non-hydrogen) atoms. The van der Waals surface area contributed by atoms with E-state index >= 15 is 0 Å². The molecule has 188 valence electrons. The number of hydrogen-bond donors (Lipinski definition) is 2. The summed E-state index contributed by atoms with van der Waals surface area (Å²) in [5, 5.41) is 4.93. The molecule has 0 bridgehead atoms. The summed E-state index contributed by atoms with van der Waals surface area (Å²) >= 11 is 0. The molecule has 0 radical (unpaired) electrons. The smallest absolute Gasteiger partial charge is 0.404 e. The Morgan fingerprint density at radius 1 is 1.03 bits per heavy atom. The van der Waals surface area contributed by atoms with Gasteiger partial charge in [0.25, 0.3) is 5.91 Å². The van der Waals surface area contributed by atoms with Gasteiger partial charge in [-0.3, -0.25) is 24.5 Å². The van der Waals surface area contributed by atoms with E-state index in [9.17, 15) is 22.8 Å². The van der Waals surface area contributed by atoms with E-state index in [0.29, 0.717) is 32.0 Å². The number of nitrogens with zero attached hydrogens (tertiary/aromatic N) is 4. The number of anilines is 2. The highest BCUT2D eigenvalue weighted by Gasteiger charge is 2.32. The number of amides is 2. The van der Waals surface area contributed by atoms with Crippen LogP contribution in [0.2, 0.25) is 0 Å². The molecule has 2 amide bonds. The highest BCUT2D eigenvalue weighted by atomic mass is 19.4. The van der Waals surface area contributed by atoms with E-state index in [1.807, 2.05) is 0 Å². The second-order valence-electron chi connectivity index (χ2n) is 7.67. The van der Waals surface area contributed by atoms with E-state index in [0.717, 1.165) is 23.8 Å². The van der Waals surface area contributed by atoms with Crippen molar-refractivity contribution in [3.8, 4) is 17.0 Å². The van der Waals surface area contributed by atoms with Crippen LogP contribution in [0, 0.1) is 0 Å². The molecule has 3 aromatic rings. The fraction of sp³-hybridized carbons (Fsp3) is 0.261. The zero-order chi connectivity index (χ0) is 25.5. The molecule has 1 aliphatic rings. The molecule has 1 fully saturated rings. The van der Waals surface area contributed by atoms with E-state index in [-0.39, 0.29) is 23.6 Å². The van der Waals surface area contributed by atoms with Crippen molar-refractivity contribution in [3.63, 3.8) is 0 Å². The molecule has 1 aromatic carbocycles. The van der Waals surface area contributed by atoms with Gasteiger partial charge in [0, 0.05) is 36.6 Å². The number of aromatic nitrogens is 3. The van der Waals surface area contributed by atoms with Gasteiger partial charge in [-0.15, -0.1) is 13.2 Å². The van der Waals surface area contributed by atoms with Crippen LogP contribution in [0.25, 0.3) is 11.3 Å². The number of nitrogens with one attached hydrogen (secondary N) is 2. The minimum absolute atomic E-state index is 0.0220. The van der Waals surface area contributed by atoms with E-state index < -0.39 is 23.9 Å². The quantitative estimate of drug-likeness (QED) is 0.506.